The van der Waals surface area contributed by atoms with Crippen molar-refractivity contribution >= 4 is 63.3 Å². The molecular weight excluding hydrogens is 454 g/mol. The molecule has 2 aliphatic heterocycles. The van der Waals surface area contributed by atoms with Gasteiger partial charge in [0.05, 0.1) is 12.3 Å². The van der Waals surface area contributed by atoms with E-state index in [9.17, 15) is 9.59 Å². The summed E-state index contributed by atoms with van der Waals surface area (Å²) in [6.45, 7) is 5.41. The van der Waals surface area contributed by atoms with E-state index in [4.69, 9.17) is 16.3 Å². The van der Waals surface area contributed by atoms with Gasteiger partial charge in [0.2, 0.25) is 4.33 Å². The molecule has 9 heteroatoms. The molecule has 0 saturated heterocycles. The normalized spacial score (nSPS) is 20.5. The Balaban J connectivity index is 1.90. The molecule has 0 unspecified atom stereocenters. The van der Waals surface area contributed by atoms with Crippen LogP contribution in [0.1, 0.15) is 20.8 Å². The van der Waals surface area contributed by atoms with Gasteiger partial charge in [0.15, 0.2) is 10.8 Å². The van der Waals surface area contributed by atoms with Crippen LogP contribution in [0.15, 0.2) is 70.3 Å². The summed E-state index contributed by atoms with van der Waals surface area (Å²) in [5.41, 5.74) is 2.31. The highest BCUT2D eigenvalue weighted by Gasteiger charge is 2.58. The van der Waals surface area contributed by atoms with Crippen molar-refractivity contribution < 1.29 is 14.3 Å². The fourth-order valence-corrected chi connectivity index (χ4v) is 6.54. The van der Waals surface area contributed by atoms with Crippen LogP contribution in [0.2, 0.25) is 5.02 Å². The monoisotopic (exact) mass is 473 g/mol. The Bertz CT molecular complexity index is 1110. The molecule has 31 heavy (non-hydrogen) atoms. The summed E-state index contributed by atoms with van der Waals surface area (Å²) >= 11 is 8.89. The first-order chi connectivity index (χ1) is 14.9. The Hall–Kier alpha value is -2.42. The van der Waals surface area contributed by atoms with Crippen molar-refractivity contribution in [3.05, 3.63) is 70.2 Å². The number of ether oxygens (including phenoxy) is 1. The SMILES string of the molecule is CCOC(=O)C1=C(C)N(c2ccccc2)[C@]2(SC(C(C)=O)=NN2c2cccc(Cl)c2)S1. The highest BCUT2D eigenvalue weighted by Crippen LogP contribution is 2.60. The average molecular weight is 474 g/mol. The minimum absolute atomic E-state index is 0.148. The van der Waals surface area contributed by atoms with Crippen molar-refractivity contribution in [2.24, 2.45) is 5.10 Å². The van der Waals surface area contributed by atoms with E-state index in [0.717, 1.165) is 11.4 Å². The molecular formula is C22H20ClN3O3S2. The fourth-order valence-electron chi connectivity index (χ4n) is 3.40. The van der Waals surface area contributed by atoms with Gasteiger partial charge in [-0.05, 0) is 55.9 Å². The number of halogens is 1. The van der Waals surface area contributed by atoms with Crippen LogP contribution in [0.3, 0.4) is 0 Å². The summed E-state index contributed by atoms with van der Waals surface area (Å²) in [5.74, 6) is -0.546. The number of allylic oxidation sites excluding steroid dienone is 1. The van der Waals surface area contributed by atoms with E-state index in [0.29, 0.717) is 20.7 Å². The number of hydrazone groups is 1. The Kier molecular flexibility index (Phi) is 6.05. The number of hydrogen-bond donors (Lipinski definition) is 0. The summed E-state index contributed by atoms with van der Waals surface area (Å²) in [7, 11) is 0. The number of para-hydroxylation sites is 1. The van der Waals surface area contributed by atoms with Gasteiger partial charge in [-0.15, -0.1) is 0 Å². The Morgan fingerprint density at radius 1 is 1.10 bits per heavy atom. The van der Waals surface area contributed by atoms with Crippen molar-refractivity contribution in [1.29, 1.82) is 0 Å². The Morgan fingerprint density at radius 3 is 2.45 bits per heavy atom. The van der Waals surface area contributed by atoms with Gasteiger partial charge in [0.25, 0.3) is 0 Å². The lowest BCUT2D eigenvalue weighted by Crippen LogP contribution is -2.49. The summed E-state index contributed by atoms with van der Waals surface area (Å²) in [6, 6.07) is 17.0. The van der Waals surface area contributed by atoms with E-state index >= 15 is 0 Å². The van der Waals surface area contributed by atoms with Crippen LogP contribution in [0.4, 0.5) is 11.4 Å². The number of carbonyl (C=O) groups is 2. The predicted molar refractivity (Wildman–Crippen MR) is 128 cm³/mol. The van der Waals surface area contributed by atoms with E-state index in [2.05, 4.69) is 5.10 Å². The first-order valence-electron chi connectivity index (χ1n) is 9.64. The molecule has 0 aliphatic carbocycles. The van der Waals surface area contributed by atoms with Crippen LogP contribution in [-0.2, 0) is 14.3 Å². The predicted octanol–water partition coefficient (Wildman–Crippen LogP) is 5.46. The van der Waals surface area contributed by atoms with Crippen molar-refractivity contribution in [3.63, 3.8) is 0 Å². The maximum absolute atomic E-state index is 12.8. The average Bonchev–Trinajstić information content (AvgIpc) is 3.27. The molecule has 0 fully saturated rings. The molecule has 0 N–H and O–H groups in total. The lowest BCUT2D eigenvalue weighted by Gasteiger charge is -2.41. The quantitative estimate of drug-likeness (QED) is 0.534. The van der Waals surface area contributed by atoms with Gasteiger partial charge >= 0.3 is 5.97 Å². The number of carbonyl (C=O) groups excluding carboxylic acids is 2. The van der Waals surface area contributed by atoms with Gasteiger partial charge in [0.1, 0.15) is 4.91 Å². The van der Waals surface area contributed by atoms with Gasteiger partial charge < -0.3 is 9.64 Å². The highest BCUT2D eigenvalue weighted by atomic mass is 35.5. The van der Waals surface area contributed by atoms with Crippen LogP contribution in [0.5, 0.6) is 0 Å². The zero-order valence-electron chi connectivity index (χ0n) is 17.2. The molecule has 0 amide bonds. The number of benzene rings is 2. The fraction of sp³-hybridized carbons (Fsp3) is 0.227. The number of nitrogens with zero attached hydrogens (tertiary/aromatic N) is 3. The summed E-state index contributed by atoms with van der Waals surface area (Å²) in [4.78, 5) is 27.6. The molecule has 6 nitrogen and oxygen atoms in total. The summed E-state index contributed by atoms with van der Waals surface area (Å²) < 4.78 is 4.36. The van der Waals surface area contributed by atoms with Crippen molar-refractivity contribution in [1.82, 2.24) is 0 Å². The highest BCUT2D eigenvalue weighted by molar-refractivity contribution is 8.29. The van der Waals surface area contributed by atoms with Crippen molar-refractivity contribution in [2.45, 2.75) is 25.1 Å². The van der Waals surface area contributed by atoms with Gasteiger partial charge in [-0.2, -0.15) is 5.10 Å². The number of ketones is 1. The molecule has 0 bridgehead atoms. The van der Waals surface area contributed by atoms with Crippen LogP contribution in [-0.4, -0.2) is 27.7 Å². The zero-order valence-corrected chi connectivity index (χ0v) is 19.6. The molecule has 1 atom stereocenters. The van der Waals surface area contributed by atoms with Crippen LogP contribution in [0, 0.1) is 0 Å². The van der Waals surface area contributed by atoms with E-state index in [-0.39, 0.29) is 12.4 Å². The number of anilines is 2. The number of Topliss-reactive ketones (excluding diaryl/α,β-unsaturated/α-hetero) is 1. The molecule has 0 saturated carbocycles. The summed E-state index contributed by atoms with van der Waals surface area (Å²) in [5, 5.41) is 7.31. The first kappa shape index (κ1) is 21.8. The van der Waals surface area contributed by atoms with Gasteiger partial charge in [0, 0.05) is 23.3 Å². The van der Waals surface area contributed by atoms with Crippen molar-refractivity contribution in [3.8, 4) is 0 Å². The maximum atomic E-state index is 12.8. The van der Waals surface area contributed by atoms with E-state index in [1.807, 2.05) is 54.3 Å². The molecule has 2 aromatic rings. The Morgan fingerprint density at radius 2 is 1.81 bits per heavy atom. The lowest BCUT2D eigenvalue weighted by molar-refractivity contribution is -0.137. The largest absolute Gasteiger partial charge is 0.462 e. The third kappa shape index (κ3) is 3.84. The second-order valence-corrected chi connectivity index (χ2v) is 9.85. The second-order valence-electron chi connectivity index (χ2n) is 6.81. The third-order valence-corrected chi connectivity index (χ3v) is 7.91. The molecule has 1 spiro atoms. The molecule has 4 rings (SSSR count). The van der Waals surface area contributed by atoms with Crippen molar-refractivity contribution in [2.75, 3.05) is 16.5 Å². The van der Waals surface area contributed by atoms with E-state index in [1.54, 1.807) is 24.1 Å². The van der Waals surface area contributed by atoms with Crippen LogP contribution in [0.25, 0.3) is 0 Å². The molecule has 0 radical (unpaired) electrons. The smallest absolute Gasteiger partial charge is 0.346 e. The minimum Gasteiger partial charge on any atom is -0.462 e. The topological polar surface area (TPSA) is 62.2 Å². The van der Waals surface area contributed by atoms with Gasteiger partial charge in [-0.25, -0.2) is 9.80 Å². The third-order valence-electron chi connectivity index (χ3n) is 4.70. The number of hydrogen-bond acceptors (Lipinski definition) is 8. The number of esters is 1. The molecule has 2 heterocycles. The van der Waals surface area contributed by atoms with Crippen LogP contribution >= 0.6 is 35.1 Å². The maximum Gasteiger partial charge on any atom is 0.346 e. The standard InChI is InChI=1S/C22H20ClN3O3S2/c1-4-29-21(28)19-14(2)25(17-10-6-5-7-11-17)22(30-19)26(24-20(31-22)15(3)27)18-12-8-9-16(23)13-18/h5-13H,4H2,1-3H3/t22-/m1/s1. The van der Waals surface area contributed by atoms with Crippen LogP contribution < -0.4 is 9.91 Å². The molecule has 160 valence electrons. The van der Waals surface area contributed by atoms with Gasteiger partial charge in [-0.3, -0.25) is 4.79 Å². The molecule has 0 aromatic heterocycles. The van der Waals surface area contributed by atoms with E-state index < -0.39 is 10.3 Å². The lowest BCUT2D eigenvalue weighted by atomic mass is 10.2. The van der Waals surface area contributed by atoms with Gasteiger partial charge in [-0.1, -0.05) is 47.6 Å². The molecule has 2 aliphatic rings. The Labute approximate surface area is 194 Å². The number of rotatable bonds is 5. The summed E-state index contributed by atoms with van der Waals surface area (Å²) in [6.07, 6.45) is 0. The molecule has 2 aromatic carbocycles. The van der Waals surface area contributed by atoms with E-state index in [1.165, 1.54) is 30.4 Å². The second kappa shape index (κ2) is 8.61. The number of thioether (sulfide) groups is 2. The zero-order chi connectivity index (χ0) is 22.2. The minimum atomic E-state index is -0.959. The first-order valence-corrected chi connectivity index (χ1v) is 11.6.